The maximum Gasteiger partial charge on any atom is 0.239 e. The minimum atomic E-state index is -0.609. The van der Waals surface area contributed by atoms with Gasteiger partial charge in [0.15, 0.2) is 0 Å². The average molecular weight is 319 g/mol. The summed E-state index contributed by atoms with van der Waals surface area (Å²) in [5.74, 6) is -0.180. The second-order valence-corrected chi connectivity index (χ2v) is 6.29. The molecule has 5 heteroatoms. The van der Waals surface area contributed by atoms with E-state index in [-0.39, 0.29) is 12.5 Å². The van der Waals surface area contributed by atoms with E-state index in [2.05, 4.69) is 34.5 Å². The molecule has 1 heterocycles. The Kier molecular flexibility index (Phi) is 7.52. The van der Waals surface area contributed by atoms with Crippen molar-refractivity contribution in [1.82, 2.24) is 10.2 Å². The van der Waals surface area contributed by atoms with Crippen molar-refractivity contribution in [2.24, 2.45) is 5.73 Å². The number of ether oxygens (including phenoxy) is 1. The summed E-state index contributed by atoms with van der Waals surface area (Å²) in [6.07, 6.45) is 5.35. The van der Waals surface area contributed by atoms with E-state index in [1.54, 1.807) is 0 Å². The Morgan fingerprint density at radius 3 is 2.39 bits per heavy atom. The highest BCUT2D eigenvalue weighted by Crippen LogP contribution is 2.13. The van der Waals surface area contributed by atoms with Crippen molar-refractivity contribution < 1.29 is 9.53 Å². The lowest BCUT2D eigenvalue weighted by atomic mass is 10.1. The third-order valence-electron chi connectivity index (χ3n) is 4.28. The van der Waals surface area contributed by atoms with E-state index in [4.69, 9.17) is 10.5 Å². The Morgan fingerprint density at radius 2 is 1.78 bits per heavy atom. The van der Waals surface area contributed by atoms with Crippen LogP contribution in [0.15, 0.2) is 24.3 Å². The number of hydrogen-bond donors (Lipinski definition) is 2. The number of amides is 1. The van der Waals surface area contributed by atoms with Gasteiger partial charge in [-0.3, -0.25) is 9.69 Å². The number of carbonyl (C=O) groups is 1. The second kappa shape index (κ2) is 9.65. The van der Waals surface area contributed by atoms with Crippen molar-refractivity contribution >= 4 is 5.91 Å². The number of methoxy groups -OCH3 is 1. The van der Waals surface area contributed by atoms with Crippen molar-refractivity contribution in [2.75, 3.05) is 26.8 Å². The monoisotopic (exact) mass is 319 g/mol. The highest BCUT2D eigenvalue weighted by molar-refractivity contribution is 5.81. The van der Waals surface area contributed by atoms with E-state index in [1.807, 2.05) is 0 Å². The van der Waals surface area contributed by atoms with Gasteiger partial charge in [-0.15, -0.1) is 0 Å². The predicted octanol–water partition coefficient (Wildman–Crippen LogP) is 1.65. The lowest BCUT2D eigenvalue weighted by Gasteiger charge is -2.19. The molecule has 0 saturated carbocycles. The molecule has 1 aliphatic heterocycles. The molecule has 3 N–H and O–H groups in total. The summed E-state index contributed by atoms with van der Waals surface area (Å²) < 4.78 is 4.88. The Morgan fingerprint density at radius 1 is 1.17 bits per heavy atom. The van der Waals surface area contributed by atoms with Crippen LogP contribution < -0.4 is 11.1 Å². The van der Waals surface area contributed by atoms with Crippen LogP contribution in [-0.2, 0) is 22.6 Å². The van der Waals surface area contributed by atoms with Crippen molar-refractivity contribution in [3.05, 3.63) is 35.4 Å². The number of benzene rings is 1. The van der Waals surface area contributed by atoms with Crippen molar-refractivity contribution in [2.45, 2.75) is 44.8 Å². The van der Waals surface area contributed by atoms with Crippen LogP contribution in [0.1, 0.15) is 36.8 Å². The zero-order valence-corrected chi connectivity index (χ0v) is 14.1. The Labute approximate surface area is 139 Å². The number of nitrogens with two attached hydrogens (primary N) is 1. The van der Waals surface area contributed by atoms with Crippen molar-refractivity contribution in [3.63, 3.8) is 0 Å². The number of carbonyl (C=O) groups excluding carboxylic acids is 1. The van der Waals surface area contributed by atoms with E-state index < -0.39 is 6.04 Å². The van der Waals surface area contributed by atoms with Crippen LogP contribution in [-0.4, -0.2) is 43.7 Å². The molecule has 1 aromatic rings. The first kappa shape index (κ1) is 17.9. The number of rotatable bonds is 7. The fraction of sp³-hybridized carbons (Fsp3) is 0.611. The molecule has 0 bridgehead atoms. The molecule has 1 aliphatic rings. The van der Waals surface area contributed by atoms with Crippen LogP contribution in [0, 0.1) is 0 Å². The normalized spacial score (nSPS) is 17.5. The minimum Gasteiger partial charge on any atom is -0.383 e. The maximum atomic E-state index is 11.7. The summed E-state index contributed by atoms with van der Waals surface area (Å²) in [6.45, 7) is 4.16. The molecule has 1 amide bonds. The molecular weight excluding hydrogens is 290 g/mol. The van der Waals surface area contributed by atoms with Gasteiger partial charge in [0.1, 0.15) is 6.04 Å². The summed E-state index contributed by atoms with van der Waals surface area (Å²) in [7, 11) is 1.54. The first-order valence-electron chi connectivity index (χ1n) is 8.51. The van der Waals surface area contributed by atoms with Gasteiger partial charge in [0.2, 0.25) is 5.91 Å². The fourth-order valence-corrected chi connectivity index (χ4v) is 2.89. The summed E-state index contributed by atoms with van der Waals surface area (Å²) in [5.41, 5.74) is 8.11. The molecule has 0 aliphatic carbocycles. The maximum absolute atomic E-state index is 11.7. The van der Waals surface area contributed by atoms with Gasteiger partial charge < -0.3 is 15.8 Å². The molecule has 0 spiro atoms. The van der Waals surface area contributed by atoms with Crippen LogP contribution in [0.5, 0.6) is 0 Å². The Hall–Kier alpha value is -1.43. The highest BCUT2D eigenvalue weighted by Gasteiger charge is 2.12. The number of likely N-dealkylation sites (tertiary alicyclic amines) is 1. The highest BCUT2D eigenvalue weighted by atomic mass is 16.5. The second-order valence-electron chi connectivity index (χ2n) is 6.29. The van der Waals surface area contributed by atoms with E-state index in [9.17, 15) is 4.79 Å². The first-order chi connectivity index (χ1) is 11.2. The van der Waals surface area contributed by atoms with Gasteiger partial charge in [-0.05, 0) is 37.1 Å². The van der Waals surface area contributed by atoms with Gasteiger partial charge in [0.25, 0.3) is 0 Å². The number of nitrogens with zero attached hydrogens (tertiary/aromatic N) is 1. The quantitative estimate of drug-likeness (QED) is 0.802. The van der Waals surface area contributed by atoms with Crippen LogP contribution in [0.2, 0.25) is 0 Å². The third kappa shape index (κ3) is 6.29. The molecule has 1 atom stereocenters. The molecule has 2 rings (SSSR count). The van der Waals surface area contributed by atoms with Crippen LogP contribution in [0.3, 0.4) is 0 Å². The molecule has 23 heavy (non-hydrogen) atoms. The zero-order chi connectivity index (χ0) is 16.5. The summed E-state index contributed by atoms with van der Waals surface area (Å²) in [6, 6.07) is 7.86. The molecule has 128 valence electrons. The lowest BCUT2D eigenvalue weighted by molar-refractivity contribution is -0.123. The van der Waals surface area contributed by atoms with Gasteiger partial charge in [-0.2, -0.15) is 0 Å². The van der Waals surface area contributed by atoms with Gasteiger partial charge in [0.05, 0.1) is 6.61 Å². The molecule has 0 aromatic heterocycles. The number of nitrogens with one attached hydrogen (secondary N) is 1. The lowest BCUT2D eigenvalue weighted by Crippen LogP contribution is -2.43. The van der Waals surface area contributed by atoms with Gasteiger partial charge >= 0.3 is 0 Å². The largest absolute Gasteiger partial charge is 0.383 e. The standard InChI is InChI=1S/C18H29N3O2/c1-23-14-17(19)18(22)20-12-15-6-8-16(9-7-15)13-21-10-4-2-3-5-11-21/h6-9,17H,2-5,10-14,19H2,1H3,(H,20,22). The van der Waals surface area contributed by atoms with Crippen molar-refractivity contribution in [3.8, 4) is 0 Å². The minimum absolute atomic E-state index is 0.180. The molecule has 1 aromatic carbocycles. The SMILES string of the molecule is COCC(N)C(=O)NCc1ccc(CN2CCCCCC2)cc1. The molecule has 5 nitrogen and oxygen atoms in total. The molecule has 1 fully saturated rings. The van der Waals surface area contributed by atoms with Gasteiger partial charge in [0, 0.05) is 20.2 Å². The first-order valence-corrected chi connectivity index (χ1v) is 8.51. The van der Waals surface area contributed by atoms with Crippen molar-refractivity contribution in [1.29, 1.82) is 0 Å². The summed E-state index contributed by atoms with van der Waals surface area (Å²) in [4.78, 5) is 14.3. The number of hydrogen-bond acceptors (Lipinski definition) is 4. The molecule has 0 radical (unpaired) electrons. The van der Waals surface area contributed by atoms with Crippen LogP contribution in [0.25, 0.3) is 0 Å². The summed E-state index contributed by atoms with van der Waals surface area (Å²) in [5, 5.41) is 2.84. The summed E-state index contributed by atoms with van der Waals surface area (Å²) >= 11 is 0. The van der Waals surface area contributed by atoms with E-state index in [1.165, 1.54) is 51.4 Å². The third-order valence-corrected chi connectivity index (χ3v) is 4.28. The average Bonchev–Trinajstić information content (AvgIpc) is 2.83. The molecular formula is C18H29N3O2. The Bertz CT molecular complexity index is 468. The zero-order valence-electron chi connectivity index (χ0n) is 14.1. The Balaban J connectivity index is 1.78. The van der Waals surface area contributed by atoms with E-state index >= 15 is 0 Å². The predicted molar refractivity (Wildman–Crippen MR) is 91.9 cm³/mol. The van der Waals surface area contributed by atoms with Gasteiger partial charge in [-0.1, -0.05) is 37.1 Å². The molecule has 1 saturated heterocycles. The van der Waals surface area contributed by atoms with Gasteiger partial charge in [-0.25, -0.2) is 0 Å². The van der Waals surface area contributed by atoms with Crippen LogP contribution >= 0.6 is 0 Å². The molecule has 1 unspecified atom stereocenters. The van der Waals surface area contributed by atoms with E-state index in [0.29, 0.717) is 6.54 Å². The fourth-order valence-electron chi connectivity index (χ4n) is 2.89. The van der Waals surface area contributed by atoms with Crippen LogP contribution in [0.4, 0.5) is 0 Å². The smallest absolute Gasteiger partial charge is 0.239 e. The van der Waals surface area contributed by atoms with E-state index in [0.717, 1.165) is 12.1 Å². The topological polar surface area (TPSA) is 67.6 Å².